The van der Waals surface area contributed by atoms with Crippen LogP contribution in [0.5, 0.6) is 0 Å². The summed E-state index contributed by atoms with van der Waals surface area (Å²) >= 11 is 0. The van der Waals surface area contributed by atoms with Crippen molar-refractivity contribution in [3.63, 3.8) is 0 Å². The smallest absolute Gasteiger partial charge is 0.394 e. The van der Waals surface area contributed by atoms with Crippen molar-refractivity contribution in [3.8, 4) is 11.1 Å². The van der Waals surface area contributed by atoms with Crippen LogP contribution < -0.4 is 9.80 Å². The van der Waals surface area contributed by atoms with Gasteiger partial charge in [-0.1, -0.05) is 12.1 Å². The van der Waals surface area contributed by atoms with Gasteiger partial charge in [-0.2, -0.15) is 26.3 Å². The number of carbonyl (C=O) groups excluding carboxylic acids is 1. The fourth-order valence-corrected chi connectivity index (χ4v) is 5.04. The Morgan fingerprint density at radius 1 is 0.976 bits per heavy atom. The van der Waals surface area contributed by atoms with Crippen molar-refractivity contribution in [2.75, 3.05) is 30.0 Å². The molecule has 13 heteroatoms. The molecule has 1 aromatic heterocycles. The summed E-state index contributed by atoms with van der Waals surface area (Å²) in [6.07, 6.45) is -9.32. The standard InChI is InChI=1S/C29H28F7N3O3/c1-27(2,17-8-18(28(31,32)33)10-19(9-17)29(34,35)36)26(42)38(3)24-13-37-25(39-14-22(41)11-21(39)15-40)12-23(24)16-4-6-20(30)7-5-16/h4-10,12-13,21-22,40-41H,11,14-15H2,1-3H3. The van der Waals surface area contributed by atoms with Crippen LogP contribution in [0.15, 0.2) is 54.7 Å². The highest BCUT2D eigenvalue weighted by molar-refractivity contribution is 6.03. The van der Waals surface area contributed by atoms with E-state index in [1.165, 1.54) is 51.4 Å². The number of amides is 1. The molecule has 42 heavy (non-hydrogen) atoms. The predicted octanol–water partition coefficient (Wildman–Crippen LogP) is 5.80. The quantitative estimate of drug-likeness (QED) is 0.351. The SMILES string of the molecule is CN(C(=O)C(C)(C)c1cc(C(F)(F)F)cc(C(F)(F)F)c1)c1cnc(N2CC(O)CC2CO)cc1-c1ccc(F)cc1. The highest BCUT2D eigenvalue weighted by Gasteiger charge is 2.41. The van der Waals surface area contributed by atoms with Gasteiger partial charge in [-0.05, 0) is 67.8 Å². The number of carbonyl (C=O) groups is 1. The van der Waals surface area contributed by atoms with E-state index in [9.17, 15) is 45.7 Å². The third kappa shape index (κ3) is 6.21. The predicted molar refractivity (Wildman–Crippen MR) is 141 cm³/mol. The number of aromatic nitrogens is 1. The van der Waals surface area contributed by atoms with Crippen molar-refractivity contribution < 1.29 is 45.7 Å². The van der Waals surface area contributed by atoms with Crippen molar-refractivity contribution in [2.24, 2.45) is 0 Å². The van der Waals surface area contributed by atoms with E-state index in [0.29, 0.717) is 29.1 Å². The Labute approximate surface area is 237 Å². The number of alkyl halides is 6. The summed E-state index contributed by atoms with van der Waals surface area (Å²) in [7, 11) is 1.31. The number of rotatable bonds is 6. The average Bonchev–Trinajstić information content (AvgIpc) is 3.31. The fourth-order valence-electron chi connectivity index (χ4n) is 5.04. The summed E-state index contributed by atoms with van der Waals surface area (Å²) in [5.41, 5.74) is -4.51. The molecule has 1 amide bonds. The van der Waals surface area contributed by atoms with Gasteiger partial charge in [0.25, 0.3) is 0 Å². The van der Waals surface area contributed by atoms with E-state index in [1.807, 2.05) is 0 Å². The Kier molecular flexibility index (Phi) is 8.31. The molecule has 1 aliphatic rings. The third-order valence-electron chi connectivity index (χ3n) is 7.43. The zero-order valence-electron chi connectivity index (χ0n) is 22.8. The highest BCUT2D eigenvalue weighted by atomic mass is 19.4. The van der Waals surface area contributed by atoms with Crippen molar-refractivity contribution in [2.45, 2.75) is 50.2 Å². The minimum Gasteiger partial charge on any atom is -0.394 e. The number of pyridine rings is 1. The lowest BCUT2D eigenvalue weighted by atomic mass is 9.81. The largest absolute Gasteiger partial charge is 0.416 e. The molecular formula is C29H28F7N3O3. The van der Waals surface area contributed by atoms with Gasteiger partial charge in [0.1, 0.15) is 11.6 Å². The van der Waals surface area contributed by atoms with Gasteiger partial charge in [0.2, 0.25) is 5.91 Å². The first-order valence-corrected chi connectivity index (χ1v) is 12.8. The van der Waals surface area contributed by atoms with Crippen LogP contribution in [0.4, 0.5) is 42.2 Å². The number of halogens is 7. The van der Waals surface area contributed by atoms with Crippen LogP contribution in [0.2, 0.25) is 0 Å². The Bertz CT molecular complexity index is 1420. The van der Waals surface area contributed by atoms with Crippen LogP contribution in [0.25, 0.3) is 11.1 Å². The van der Waals surface area contributed by atoms with Crippen LogP contribution in [0.1, 0.15) is 37.0 Å². The lowest BCUT2D eigenvalue weighted by molar-refractivity contribution is -0.143. The monoisotopic (exact) mass is 599 g/mol. The number of hydrogen-bond donors (Lipinski definition) is 2. The first kappa shape index (κ1) is 31.2. The van der Waals surface area contributed by atoms with Crippen LogP contribution >= 0.6 is 0 Å². The van der Waals surface area contributed by atoms with Crippen LogP contribution in [0, 0.1) is 5.82 Å². The van der Waals surface area contributed by atoms with Gasteiger partial charge in [-0.25, -0.2) is 9.37 Å². The molecule has 0 radical (unpaired) electrons. The van der Waals surface area contributed by atoms with E-state index >= 15 is 0 Å². The molecule has 3 aromatic rings. The normalized spacial score (nSPS) is 18.0. The maximum absolute atomic E-state index is 13.8. The molecule has 2 aromatic carbocycles. The molecule has 4 rings (SSSR count). The van der Waals surface area contributed by atoms with E-state index in [-0.39, 0.29) is 31.3 Å². The van der Waals surface area contributed by atoms with Gasteiger partial charge in [0.05, 0.1) is 47.2 Å². The van der Waals surface area contributed by atoms with Gasteiger partial charge in [-0.15, -0.1) is 0 Å². The third-order valence-corrected chi connectivity index (χ3v) is 7.43. The van der Waals surface area contributed by atoms with Gasteiger partial charge < -0.3 is 20.0 Å². The van der Waals surface area contributed by atoms with Gasteiger partial charge in [-0.3, -0.25) is 4.79 Å². The number of β-amino-alcohol motifs (C(OH)–C–C–N with tert-alkyl or cyclic N) is 1. The van der Waals surface area contributed by atoms with Crippen LogP contribution in [0.3, 0.4) is 0 Å². The molecule has 226 valence electrons. The van der Waals surface area contributed by atoms with Crippen LogP contribution in [-0.4, -0.2) is 53.4 Å². The van der Waals surface area contributed by atoms with E-state index in [4.69, 9.17) is 0 Å². The Morgan fingerprint density at radius 3 is 2.05 bits per heavy atom. The molecule has 0 aliphatic carbocycles. The second-order valence-corrected chi connectivity index (χ2v) is 10.7. The average molecular weight is 600 g/mol. The summed E-state index contributed by atoms with van der Waals surface area (Å²) in [6, 6.07) is 7.41. The first-order chi connectivity index (χ1) is 19.4. The van der Waals surface area contributed by atoms with E-state index in [2.05, 4.69) is 4.98 Å². The molecule has 2 unspecified atom stereocenters. The fraction of sp³-hybridized carbons (Fsp3) is 0.379. The molecule has 2 atom stereocenters. The summed E-state index contributed by atoms with van der Waals surface area (Å²) in [4.78, 5) is 20.9. The van der Waals surface area contributed by atoms with Crippen molar-refractivity contribution in [1.82, 2.24) is 4.98 Å². The number of benzene rings is 2. The number of hydrogen-bond acceptors (Lipinski definition) is 5. The molecule has 1 fully saturated rings. The number of aliphatic hydroxyl groups excluding tert-OH is 2. The summed E-state index contributed by atoms with van der Waals surface area (Å²) in [5.74, 6) is -1.03. The molecule has 2 N–H and O–H groups in total. The minimum atomic E-state index is -5.09. The molecule has 0 bridgehead atoms. The second kappa shape index (κ2) is 11.2. The zero-order valence-corrected chi connectivity index (χ0v) is 22.8. The van der Waals surface area contributed by atoms with E-state index in [1.54, 1.807) is 11.0 Å². The van der Waals surface area contributed by atoms with Gasteiger partial charge in [0, 0.05) is 19.2 Å². The van der Waals surface area contributed by atoms with Crippen molar-refractivity contribution >= 4 is 17.4 Å². The van der Waals surface area contributed by atoms with E-state index < -0.39 is 58.3 Å². The Balaban J connectivity index is 1.81. The number of aliphatic hydroxyl groups is 2. The van der Waals surface area contributed by atoms with E-state index in [0.717, 1.165) is 4.90 Å². The highest BCUT2D eigenvalue weighted by Crippen LogP contribution is 2.41. The van der Waals surface area contributed by atoms with Gasteiger partial charge in [0.15, 0.2) is 0 Å². The topological polar surface area (TPSA) is 76.9 Å². The Hall–Kier alpha value is -3.71. The molecule has 0 spiro atoms. The summed E-state index contributed by atoms with van der Waals surface area (Å²) in [5, 5.41) is 19.9. The zero-order chi connectivity index (χ0) is 31.2. The lowest BCUT2D eigenvalue weighted by Crippen LogP contribution is -2.42. The maximum atomic E-state index is 13.8. The number of anilines is 2. The molecular weight excluding hydrogens is 571 g/mol. The minimum absolute atomic E-state index is 0.00199. The van der Waals surface area contributed by atoms with Crippen molar-refractivity contribution in [3.05, 3.63) is 77.2 Å². The summed E-state index contributed by atoms with van der Waals surface area (Å²) < 4.78 is 94.9. The van der Waals surface area contributed by atoms with Crippen molar-refractivity contribution in [1.29, 1.82) is 0 Å². The number of nitrogens with zero attached hydrogens (tertiary/aromatic N) is 3. The summed E-state index contributed by atoms with van der Waals surface area (Å²) in [6.45, 7) is 2.34. The van der Waals surface area contributed by atoms with Gasteiger partial charge >= 0.3 is 12.4 Å². The Morgan fingerprint density at radius 2 is 1.52 bits per heavy atom. The number of likely N-dealkylation sites (N-methyl/N-ethyl adjacent to an activating group) is 1. The molecule has 1 saturated heterocycles. The maximum Gasteiger partial charge on any atom is 0.416 e. The molecule has 6 nitrogen and oxygen atoms in total. The van der Waals surface area contributed by atoms with Crippen LogP contribution in [-0.2, 0) is 22.6 Å². The second-order valence-electron chi connectivity index (χ2n) is 10.7. The first-order valence-electron chi connectivity index (χ1n) is 12.8. The molecule has 2 heterocycles. The molecule has 0 saturated carbocycles. The molecule has 1 aliphatic heterocycles. The lowest BCUT2D eigenvalue weighted by Gasteiger charge is -2.32.